The zero-order valence-corrected chi connectivity index (χ0v) is 12.2. The summed E-state index contributed by atoms with van der Waals surface area (Å²) in [6.45, 7) is 4.56. The van der Waals surface area contributed by atoms with Crippen LogP contribution in [0.15, 0.2) is 24.3 Å². The van der Waals surface area contributed by atoms with Gasteiger partial charge < -0.3 is 10.1 Å². The van der Waals surface area contributed by atoms with Crippen molar-refractivity contribution in [1.82, 2.24) is 5.32 Å². The van der Waals surface area contributed by atoms with Gasteiger partial charge in [0.15, 0.2) is 0 Å². The van der Waals surface area contributed by atoms with Gasteiger partial charge in [-0.1, -0.05) is 44.9 Å². The van der Waals surface area contributed by atoms with E-state index in [1.807, 2.05) is 12.1 Å². The van der Waals surface area contributed by atoms with Gasteiger partial charge in [0, 0.05) is 6.04 Å². The molecule has 0 heterocycles. The van der Waals surface area contributed by atoms with Crippen LogP contribution in [0.5, 0.6) is 5.75 Å². The van der Waals surface area contributed by atoms with Crippen molar-refractivity contribution < 1.29 is 4.74 Å². The van der Waals surface area contributed by atoms with Crippen molar-refractivity contribution in [3.05, 3.63) is 29.8 Å². The minimum Gasteiger partial charge on any atom is -0.496 e. The molecular formula is C16H27NO. The van der Waals surface area contributed by atoms with E-state index in [4.69, 9.17) is 4.74 Å². The van der Waals surface area contributed by atoms with E-state index in [-0.39, 0.29) is 0 Å². The summed E-state index contributed by atoms with van der Waals surface area (Å²) in [6.07, 6.45) is 4.81. The fourth-order valence-electron chi connectivity index (χ4n) is 2.46. The number of methoxy groups -OCH3 is 1. The Morgan fingerprint density at radius 3 is 2.39 bits per heavy atom. The first-order chi connectivity index (χ1) is 8.74. The first kappa shape index (κ1) is 15.0. The second-order valence-corrected chi connectivity index (χ2v) is 4.92. The van der Waals surface area contributed by atoms with Crippen molar-refractivity contribution in [2.75, 3.05) is 14.2 Å². The zero-order chi connectivity index (χ0) is 13.4. The SMILES string of the molecule is CCC(CC)CC(Cc1ccccc1OC)NC. The Morgan fingerprint density at radius 1 is 1.17 bits per heavy atom. The lowest BCUT2D eigenvalue weighted by molar-refractivity contribution is 0.369. The molecule has 0 aliphatic rings. The van der Waals surface area contributed by atoms with Crippen LogP contribution in [-0.4, -0.2) is 20.2 Å². The molecule has 0 aliphatic heterocycles. The molecule has 0 radical (unpaired) electrons. The highest BCUT2D eigenvalue weighted by Crippen LogP contribution is 2.22. The lowest BCUT2D eigenvalue weighted by Crippen LogP contribution is -2.30. The Balaban J connectivity index is 2.67. The minimum absolute atomic E-state index is 0.534. The van der Waals surface area contributed by atoms with Crippen LogP contribution < -0.4 is 10.1 Å². The van der Waals surface area contributed by atoms with E-state index in [1.165, 1.54) is 24.8 Å². The van der Waals surface area contributed by atoms with Crippen LogP contribution in [-0.2, 0) is 6.42 Å². The molecule has 1 unspecified atom stereocenters. The maximum Gasteiger partial charge on any atom is 0.122 e. The van der Waals surface area contributed by atoms with E-state index in [0.717, 1.165) is 18.1 Å². The number of nitrogens with one attached hydrogen (secondary N) is 1. The van der Waals surface area contributed by atoms with E-state index in [9.17, 15) is 0 Å². The molecule has 0 saturated heterocycles. The topological polar surface area (TPSA) is 21.3 Å². The summed E-state index contributed by atoms with van der Waals surface area (Å²) in [5, 5.41) is 3.45. The Morgan fingerprint density at radius 2 is 1.83 bits per heavy atom. The Bertz CT molecular complexity index is 334. The Labute approximate surface area is 112 Å². The lowest BCUT2D eigenvalue weighted by Gasteiger charge is -2.22. The third-order valence-electron chi connectivity index (χ3n) is 3.84. The van der Waals surface area contributed by atoms with Gasteiger partial charge in [-0.3, -0.25) is 0 Å². The predicted molar refractivity (Wildman–Crippen MR) is 78.2 cm³/mol. The van der Waals surface area contributed by atoms with Crippen molar-refractivity contribution in [2.24, 2.45) is 5.92 Å². The van der Waals surface area contributed by atoms with Gasteiger partial charge >= 0.3 is 0 Å². The molecule has 0 aromatic heterocycles. The van der Waals surface area contributed by atoms with Crippen molar-refractivity contribution in [3.63, 3.8) is 0 Å². The average Bonchev–Trinajstić information content (AvgIpc) is 2.43. The minimum atomic E-state index is 0.534. The standard InChI is InChI=1S/C16H27NO/c1-5-13(6-2)11-15(17-3)12-14-9-7-8-10-16(14)18-4/h7-10,13,15,17H,5-6,11-12H2,1-4H3. The third kappa shape index (κ3) is 4.34. The van der Waals surface area contributed by atoms with Crippen molar-refractivity contribution >= 4 is 0 Å². The molecule has 0 aliphatic carbocycles. The summed E-state index contributed by atoms with van der Waals surface area (Å²) >= 11 is 0. The second kappa shape index (κ2) is 8.15. The largest absolute Gasteiger partial charge is 0.496 e. The molecule has 0 saturated carbocycles. The summed E-state index contributed by atoms with van der Waals surface area (Å²) in [5.74, 6) is 1.82. The van der Waals surface area contributed by atoms with Crippen LogP contribution in [0, 0.1) is 5.92 Å². The lowest BCUT2D eigenvalue weighted by atomic mass is 9.91. The highest BCUT2D eigenvalue weighted by Gasteiger charge is 2.14. The number of rotatable bonds is 8. The van der Waals surface area contributed by atoms with Crippen molar-refractivity contribution in [2.45, 2.75) is 45.6 Å². The summed E-state index contributed by atoms with van der Waals surface area (Å²) in [7, 11) is 3.80. The molecule has 18 heavy (non-hydrogen) atoms. The quantitative estimate of drug-likeness (QED) is 0.759. The molecule has 2 heteroatoms. The van der Waals surface area contributed by atoms with Crippen LogP contribution in [0.25, 0.3) is 0 Å². The van der Waals surface area contributed by atoms with Crippen LogP contribution >= 0.6 is 0 Å². The molecule has 1 atom stereocenters. The van der Waals surface area contributed by atoms with Gasteiger partial charge in [0.05, 0.1) is 7.11 Å². The fourth-order valence-corrected chi connectivity index (χ4v) is 2.46. The van der Waals surface area contributed by atoms with Crippen molar-refractivity contribution in [1.29, 1.82) is 0 Å². The maximum absolute atomic E-state index is 5.42. The average molecular weight is 249 g/mol. The number of likely N-dealkylation sites (N-methyl/N-ethyl adjacent to an activating group) is 1. The van der Waals surface area contributed by atoms with Crippen LogP contribution in [0.4, 0.5) is 0 Å². The predicted octanol–water partition coefficient (Wildman–Crippen LogP) is 3.65. The molecular weight excluding hydrogens is 222 g/mol. The zero-order valence-electron chi connectivity index (χ0n) is 12.2. The Hall–Kier alpha value is -1.02. The number of benzene rings is 1. The number of para-hydroxylation sites is 1. The first-order valence-corrected chi connectivity index (χ1v) is 7.04. The molecule has 0 bridgehead atoms. The molecule has 0 amide bonds. The summed E-state index contributed by atoms with van der Waals surface area (Å²) < 4.78 is 5.42. The Kier molecular flexibility index (Phi) is 6.81. The normalized spacial score (nSPS) is 12.7. The summed E-state index contributed by atoms with van der Waals surface area (Å²) in [5.41, 5.74) is 1.30. The van der Waals surface area contributed by atoms with E-state index < -0.39 is 0 Å². The third-order valence-corrected chi connectivity index (χ3v) is 3.84. The van der Waals surface area contributed by atoms with Gasteiger partial charge in [0.1, 0.15) is 5.75 Å². The highest BCUT2D eigenvalue weighted by molar-refractivity contribution is 5.33. The van der Waals surface area contributed by atoms with Crippen LogP contribution in [0.2, 0.25) is 0 Å². The van der Waals surface area contributed by atoms with Gasteiger partial charge in [-0.15, -0.1) is 0 Å². The highest BCUT2D eigenvalue weighted by atomic mass is 16.5. The number of ether oxygens (including phenoxy) is 1. The van der Waals surface area contributed by atoms with Gasteiger partial charge in [0.25, 0.3) is 0 Å². The molecule has 2 nitrogen and oxygen atoms in total. The van der Waals surface area contributed by atoms with Crippen molar-refractivity contribution in [3.8, 4) is 5.75 Å². The smallest absolute Gasteiger partial charge is 0.122 e. The molecule has 102 valence electrons. The van der Waals surface area contributed by atoms with Gasteiger partial charge in [0.2, 0.25) is 0 Å². The molecule has 1 aromatic carbocycles. The monoisotopic (exact) mass is 249 g/mol. The van der Waals surface area contributed by atoms with Gasteiger partial charge in [-0.05, 0) is 37.4 Å². The fraction of sp³-hybridized carbons (Fsp3) is 0.625. The number of hydrogen-bond acceptors (Lipinski definition) is 2. The summed E-state index contributed by atoms with van der Waals surface area (Å²) in [6, 6.07) is 8.85. The van der Waals surface area contributed by atoms with E-state index in [1.54, 1.807) is 7.11 Å². The van der Waals surface area contributed by atoms with Gasteiger partial charge in [-0.2, -0.15) is 0 Å². The first-order valence-electron chi connectivity index (χ1n) is 7.04. The molecule has 1 N–H and O–H groups in total. The second-order valence-electron chi connectivity index (χ2n) is 4.92. The molecule has 1 rings (SSSR count). The van der Waals surface area contributed by atoms with Crippen LogP contribution in [0.1, 0.15) is 38.7 Å². The maximum atomic E-state index is 5.42. The molecule has 1 aromatic rings. The van der Waals surface area contributed by atoms with Gasteiger partial charge in [-0.25, -0.2) is 0 Å². The molecule has 0 fully saturated rings. The van der Waals surface area contributed by atoms with E-state index in [0.29, 0.717) is 6.04 Å². The van der Waals surface area contributed by atoms with Crippen LogP contribution in [0.3, 0.4) is 0 Å². The number of hydrogen-bond donors (Lipinski definition) is 1. The molecule has 0 spiro atoms. The van der Waals surface area contributed by atoms with E-state index >= 15 is 0 Å². The summed E-state index contributed by atoms with van der Waals surface area (Å²) in [4.78, 5) is 0. The van der Waals surface area contributed by atoms with E-state index in [2.05, 4.69) is 38.3 Å².